The van der Waals surface area contributed by atoms with Crippen LogP contribution in [-0.2, 0) is 9.59 Å². The Morgan fingerprint density at radius 2 is 1.56 bits per heavy atom. The van der Waals surface area contributed by atoms with Gasteiger partial charge in [-0.1, -0.05) is 48.0 Å². The summed E-state index contributed by atoms with van der Waals surface area (Å²) in [6.45, 7) is 6.79. The van der Waals surface area contributed by atoms with Crippen LogP contribution in [0.25, 0.3) is 6.08 Å². The highest BCUT2D eigenvalue weighted by Gasteiger charge is 2.34. The molecule has 0 unspecified atom stereocenters. The number of rotatable bonds is 9. The first kappa shape index (κ1) is 25.1. The van der Waals surface area contributed by atoms with Crippen molar-refractivity contribution in [2.45, 2.75) is 20.8 Å². The molecule has 4 rings (SSSR count). The summed E-state index contributed by atoms with van der Waals surface area (Å²) in [5.41, 5.74) is 5.79. The predicted molar refractivity (Wildman–Crippen MR) is 140 cm³/mol. The number of aryl methyl sites for hydroxylation is 2. The average Bonchev–Trinajstić information content (AvgIpc) is 3.13. The van der Waals surface area contributed by atoms with E-state index in [2.05, 4.69) is 5.43 Å². The molecule has 1 saturated heterocycles. The van der Waals surface area contributed by atoms with Gasteiger partial charge in [0.1, 0.15) is 24.5 Å². The number of hydrazine groups is 1. The number of ether oxygens (including phenoxy) is 3. The molecule has 0 atom stereocenters. The summed E-state index contributed by atoms with van der Waals surface area (Å²) < 4.78 is 17.6. The van der Waals surface area contributed by atoms with E-state index in [0.29, 0.717) is 41.0 Å². The van der Waals surface area contributed by atoms with Gasteiger partial charge in [-0.3, -0.25) is 15.0 Å². The van der Waals surface area contributed by atoms with Crippen molar-refractivity contribution in [1.82, 2.24) is 5.43 Å². The van der Waals surface area contributed by atoms with E-state index >= 15 is 0 Å². The van der Waals surface area contributed by atoms with E-state index in [9.17, 15) is 9.59 Å². The Balaban J connectivity index is 1.50. The molecule has 7 nitrogen and oxygen atoms in total. The quantitative estimate of drug-likeness (QED) is 0.243. The molecular weight excluding hydrogens is 480 g/mol. The Morgan fingerprint density at radius 1 is 0.889 bits per heavy atom. The van der Waals surface area contributed by atoms with Gasteiger partial charge < -0.3 is 14.2 Å². The van der Waals surface area contributed by atoms with Crippen LogP contribution < -0.4 is 24.6 Å². The van der Waals surface area contributed by atoms with Crippen molar-refractivity contribution < 1.29 is 23.8 Å². The lowest BCUT2D eigenvalue weighted by Crippen LogP contribution is -2.35. The van der Waals surface area contributed by atoms with Crippen LogP contribution in [0.2, 0.25) is 5.02 Å². The number of benzene rings is 3. The minimum absolute atomic E-state index is 0.00645. The molecule has 2 amide bonds. The van der Waals surface area contributed by atoms with E-state index in [-0.39, 0.29) is 12.2 Å². The number of amides is 2. The largest absolute Gasteiger partial charge is 0.490 e. The molecule has 3 aromatic rings. The summed E-state index contributed by atoms with van der Waals surface area (Å²) >= 11 is 6.53. The maximum absolute atomic E-state index is 12.9. The first-order valence-electron chi connectivity index (χ1n) is 11.6. The third-order valence-corrected chi connectivity index (χ3v) is 5.81. The highest BCUT2D eigenvalue weighted by Crippen LogP contribution is 2.37. The van der Waals surface area contributed by atoms with E-state index in [0.717, 1.165) is 16.9 Å². The molecule has 0 saturated carbocycles. The fourth-order valence-electron chi connectivity index (χ4n) is 3.87. The lowest BCUT2D eigenvalue weighted by atomic mass is 10.1. The predicted octanol–water partition coefficient (Wildman–Crippen LogP) is 5.27. The maximum Gasteiger partial charge on any atom is 0.282 e. The summed E-state index contributed by atoms with van der Waals surface area (Å²) in [7, 11) is 0. The molecule has 3 aromatic carbocycles. The third-order valence-electron chi connectivity index (χ3n) is 5.53. The molecule has 0 radical (unpaired) electrons. The summed E-state index contributed by atoms with van der Waals surface area (Å²) in [5, 5.41) is 1.51. The van der Waals surface area contributed by atoms with Crippen LogP contribution in [0, 0.1) is 13.8 Å². The molecule has 1 aliphatic rings. The van der Waals surface area contributed by atoms with Crippen molar-refractivity contribution in [3.63, 3.8) is 0 Å². The van der Waals surface area contributed by atoms with Crippen molar-refractivity contribution in [3.05, 3.63) is 87.9 Å². The molecule has 0 spiro atoms. The van der Waals surface area contributed by atoms with E-state index in [1.807, 2.05) is 45.0 Å². The number of hydrogen-bond donors (Lipinski definition) is 1. The molecule has 1 fully saturated rings. The average molecular weight is 507 g/mol. The molecule has 0 aliphatic carbocycles. The SMILES string of the molecule is CCOc1cc(/C=C2/C(=O)NN(c3ccccc3)C2=O)cc(Cl)c1OCCOc1c(C)cccc1C. The molecule has 0 aromatic heterocycles. The summed E-state index contributed by atoms with van der Waals surface area (Å²) in [4.78, 5) is 25.4. The van der Waals surface area contributed by atoms with Gasteiger partial charge in [0.05, 0.1) is 17.3 Å². The van der Waals surface area contributed by atoms with Crippen LogP contribution in [0.5, 0.6) is 17.2 Å². The van der Waals surface area contributed by atoms with Crippen LogP contribution in [0.3, 0.4) is 0 Å². The monoisotopic (exact) mass is 506 g/mol. The van der Waals surface area contributed by atoms with E-state index in [4.69, 9.17) is 25.8 Å². The van der Waals surface area contributed by atoms with Crippen molar-refractivity contribution in [1.29, 1.82) is 0 Å². The van der Waals surface area contributed by atoms with Crippen molar-refractivity contribution in [3.8, 4) is 17.2 Å². The first-order valence-corrected chi connectivity index (χ1v) is 12.0. The zero-order valence-electron chi connectivity index (χ0n) is 20.3. The molecular formula is C28H27ClN2O5. The number of para-hydroxylation sites is 2. The summed E-state index contributed by atoms with van der Waals surface area (Å²) in [6, 6.07) is 18.2. The van der Waals surface area contributed by atoms with Gasteiger partial charge in [-0.25, -0.2) is 5.01 Å². The van der Waals surface area contributed by atoms with Crippen molar-refractivity contribution in [2.24, 2.45) is 0 Å². The first-order chi connectivity index (χ1) is 17.4. The van der Waals surface area contributed by atoms with Gasteiger partial charge in [0, 0.05) is 0 Å². The van der Waals surface area contributed by atoms with Gasteiger partial charge in [-0.05, 0) is 67.8 Å². The Kier molecular flexibility index (Phi) is 7.80. The fraction of sp³-hybridized carbons (Fsp3) is 0.214. The Hall–Kier alpha value is -3.97. The zero-order chi connectivity index (χ0) is 25.7. The second-order valence-corrected chi connectivity index (χ2v) is 8.56. The molecule has 36 heavy (non-hydrogen) atoms. The number of halogens is 1. The highest BCUT2D eigenvalue weighted by atomic mass is 35.5. The second kappa shape index (κ2) is 11.2. The van der Waals surface area contributed by atoms with Crippen LogP contribution in [0.4, 0.5) is 5.69 Å². The molecule has 0 bridgehead atoms. The minimum Gasteiger partial charge on any atom is -0.490 e. The van der Waals surface area contributed by atoms with Crippen molar-refractivity contribution in [2.75, 3.05) is 24.8 Å². The Bertz CT molecular complexity index is 1290. The topological polar surface area (TPSA) is 77.1 Å². The van der Waals surface area contributed by atoms with Gasteiger partial charge in [0.2, 0.25) is 0 Å². The van der Waals surface area contributed by atoms with Gasteiger partial charge >= 0.3 is 0 Å². The molecule has 1 aliphatic heterocycles. The van der Waals surface area contributed by atoms with Gasteiger partial charge in [-0.15, -0.1) is 0 Å². The van der Waals surface area contributed by atoms with Gasteiger partial charge in [-0.2, -0.15) is 0 Å². The highest BCUT2D eigenvalue weighted by molar-refractivity contribution is 6.33. The molecule has 1 heterocycles. The lowest BCUT2D eigenvalue weighted by Gasteiger charge is -2.16. The van der Waals surface area contributed by atoms with Gasteiger partial charge in [0.15, 0.2) is 11.5 Å². The summed E-state index contributed by atoms with van der Waals surface area (Å²) in [5.74, 6) is 0.669. The number of hydrogen-bond acceptors (Lipinski definition) is 5. The third kappa shape index (κ3) is 5.47. The minimum atomic E-state index is -0.498. The smallest absolute Gasteiger partial charge is 0.282 e. The Morgan fingerprint density at radius 3 is 2.22 bits per heavy atom. The fourth-order valence-corrected chi connectivity index (χ4v) is 4.15. The molecule has 186 valence electrons. The Labute approximate surface area is 215 Å². The van der Waals surface area contributed by atoms with Crippen LogP contribution >= 0.6 is 11.6 Å². The zero-order valence-corrected chi connectivity index (χ0v) is 21.1. The second-order valence-electron chi connectivity index (χ2n) is 8.16. The van der Waals surface area contributed by atoms with Crippen LogP contribution in [0.15, 0.2) is 66.2 Å². The summed E-state index contributed by atoms with van der Waals surface area (Å²) in [6.07, 6.45) is 1.49. The number of nitrogens with one attached hydrogen (secondary N) is 1. The lowest BCUT2D eigenvalue weighted by molar-refractivity contribution is -0.117. The number of carbonyl (C=O) groups excluding carboxylic acids is 2. The van der Waals surface area contributed by atoms with Crippen LogP contribution in [-0.4, -0.2) is 31.6 Å². The van der Waals surface area contributed by atoms with E-state index in [1.165, 1.54) is 11.1 Å². The van der Waals surface area contributed by atoms with Gasteiger partial charge in [0.25, 0.3) is 11.8 Å². The molecule has 1 N–H and O–H groups in total. The van der Waals surface area contributed by atoms with Crippen molar-refractivity contribution >= 4 is 35.2 Å². The normalized spacial score (nSPS) is 14.2. The standard InChI is InChI=1S/C28H27ClN2O5/c1-4-34-24-17-20(15-22-27(32)30-31(28(22)33)21-11-6-5-7-12-21)16-23(29)26(24)36-14-13-35-25-18(2)9-8-10-19(25)3/h5-12,15-17H,4,13-14H2,1-3H3,(H,30,32)/b22-15-. The number of carbonyl (C=O) groups is 2. The van der Waals surface area contributed by atoms with E-state index in [1.54, 1.807) is 36.4 Å². The van der Waals surface area contributed by atoms with E-state index < -0.39 is 11.8 Å². The number of nitrogens with zero attached hydrogens (tertiary/aromatic N) is 1. The maximum atomic E-state index is 12.9. The number of anilines is 1. The molecule has 8 heteroatoms. The van der Waals surface area contributed by atoms with Crippen LogP contribution in [0.1, 0.15) is 23.6 Å².